The van der Waals surface area contributed by atoms with Gasteiger partial charge >= 0.3 is 5.97 Å². The maximum absolute atomic E-state index is 13.4. The molecule has 3 rings (SSSR count). The van der Waals surface area contributed by atoms with Gasteiger partial charge in [-0.1, -0.05) is 42.5 Å². The Morgan fingerprint density at radius 3 is 2.15 bits per heavy atom. The first-order chi connectivity index (χ1) is 16.1. The van der Waals surface area contributed by atoms with Gasteiger partial charge in [0.2, 0.25) is 20.0 Å². The number of hydrogen-bond acceptors (Lipinski definition) is 6. The molecular weight excluding hydrogens is 478 g/mol. The van der Waals surface area contributed by atoms with E-state index in [0.29, 0.717) is 17.7 Å². The summed E-state index contributed by atoms with van der Waals surface area (Å²) in [6, 6.07) is 20.9. The van der Waals surface area contributed by atoms with E-state index in [1.54, 1.807) is 54.6 Å². The van der Waals surface area contributed by atoms with Gasteiger partial charge in [-0.05, 0) is 53.9 Å². The van der Waals surface area contributed by atoms with Gasteiger partial charge in [-0.2, -0.15) is 4.31 Å². The quantitative estimate of drug-likeness (QED) is 0.364. The topological polar surface area (TPSA) is 147 Å². The van der Waals surface area contributed by atoms with E-state index < -0.39 is 26.0 Å². The fraction of sp³-hybridized carbons (Fsp3) is 0.174. The molecule has 11 heteroatoms. The molecule has 0 aromatic heterocycles. The molecule has 0 heterocycles. The molecule has 0 atom stereocenters. The number of carboxylic acid groups (broad SMARTS) is 1. The third-order valence-corrected chi connectivity index (χ3v) is 7.80. The second-order valence-electron chi connectivity index (χ2n) is 7.54. The van der Waals surface area contributed by atoms with Gasteiger partial charge in [0.1, 0.15) is 6.54 Å². The molecule has 9 nitrogen and oxygen atoms in total. The first kappa shape index (κ1) is 25.4. The summed E-state index contributed by atoms with van der Waals surface area (Å²) in [4.78, 5) is 11.0. The van der Waals surface area contributed by atoms with E-state index in [1.807, 2.05) is 0 Å². The predicted octanol–water partition coefficient (Wildman–Crippen LogP) is 2.26. The third-order valence-electron chi connectivity index (χ3n) is 5.01. The van der Waals surface area contributed by atoms with Gasteiger partial charge in [0.25, 0.3) is 0 Å². The average molecular weight is 504 g/mol. The van der Waals surface area contributed by atoms with Crippen LogP contribution in [0, 0.1) is 0 Å². The van der Waals surface area contributed by atoms with Crippen molar-refractivity contribution < 1.29 is 26.7 Å². The fourth-order valence-corrected chi connectivity index (χ4v) is 5.25. The van der Waals surface area contributed by atoms with Crippen molar-refractivity contribution in [3.05, 3.63) is 90.0 Å². The first-order valence-corrected chi connectivity index (χ1v) is 13.3. The molecule has 0 bridgehead atoms. The van der Waals surface area contributed by atoms with Crippen LogP contribution in [0.4, 0.5) is 5.69 Å². The van der Waals surface area contributed by atoms with Crippen molar-refractivity contribution in [3.8, 4) is 0 Å². The summed E-state index contributed by atoms with van der Waals surface area (Å²) in [5.41, 5.74) is 1.99. The summed E-state index contributed by atoms with van der Waals surface area (Å²) in [7, 11) is -7.65. The molecule has 0 spiro atoms. The predicted molar refractivity (Wildman–Crippen MR) is 128 cm³/mol. The average Bonchev–Trinajstić information content (AvgIpc) is 2.81. The summed E-state index contributed by atoms with van der Waals surface area (Å²) in [6.07, 6.45) is 0.341. The lowest BCUT2D eigenvalue weighted by Crippen LogP contribution is -2.32. The Hall–Kier alpha value is -3.25. The van der Waals surface area contributed by atoms with E-state index in [1.165, 1.54) is 28.6 Å². The molecule has 0 radical (unpaired) electrons. The molecule has 0 fully saturated rings. The van der Waals surface area contributed by atoms with E-state index in [2.05, 4.69) is 5.32 Å². The monoisotopic (exact) mass is 503 g/mol. The maximum Gasteiger partial charge on any atom is 0.322 e. The van der Waals surface area contributed by atoms with Gasteiger partial charge in [0.15, 0.2) is 0 Å². The van der Waals surface area contributed by atoms with Crippen LogP contribution in [0.5, 0.6) is 0 Å². The van der Waals surface area contributed by atoms with Crippen LogP contribution in [0.3, 0.4) is 0 Å². The summed E-state index contributed by atoms with van der Waals surface area (Å²) in [5, 5.41) is 16.8. The molecule has 4 N–H and O–H groups in total. The number of anilines is 1. The second-order valence-corrected chi connectivity index (χ2v) is 11.0. The standard InChI is InChI=1S/C23H25N3O6S2/c24-33(29,30)21-11-9-18(10-12-21)13-14-26(34(31,32)22-7-2-1-3-8-22)17-19-5-4-6-20(15-19)25-16-23(27)28/h1-12,15,25H,13-14,16-17H2,(H,27,28)(H2,24,29,30). The van der Waals surface area contributed by atoms with Crippen LogP contribution < -0.4 is 10.5 Å². The minimum Gasteiger partial charge on any atom is -0.480 e. The van der Waals surface area contributed by atoms with E-state index in [9.17, 15) is 21.6 Å². The van der Waals surface area contributed by atoms with E-state index >= 15 is 0 Å². The van der Waals surface area contributed by atoms with Crippen molar-refractivity contribution in [2.24, 2.45) is 5.14 Å². The molecule has 3 aromatic rings. The molecule has 0 unspecified atom stereocenters. The van der Waals surface area contributed by atoms with Crippen LogP contribution in [0.25, 0.3) is 0 Å². The summed E-state index contributed by atoms with van der Waals surface area (Å²) < 4.78 is 51.0. The lowest BCUT2D eigenvalue weighted by atomic mass is 10.1. The van der Waals surface area contributed by atoms with Crippen LogP contribution in [-0.4, -0.2) is 45.3 Å². The number of carbonyl (C=O) groups is 1. The van der Waals surface area contributed by atoms with Gasteiger partial charge < -0.3 is 10.4 Å². The van der Waals surface area contributed by atoms with Gasteiger partial charge in [0.05, 0.1) is 9.79 Å². The van der Waals surface area contributed by atoms with Crippen molar-refractivity contribution >= 4 is 31.7 Å². The van der Waals surface area contributed by atoms with E-state index in [4.69, 9.17) is 10.2 Å². The van der Waals surface area contributed by atoms with Gasteiger partial charge in [0, 0.05) is 18.8 Å². The molecule has 0 aliphatic carbocycles. The highest BCUT2D eigenvalue weighted by Gasteiger charge is 2.24. The third kappa shape index (κ3) is 6.87. The Balaban J connectivity index is 1.85. The smallest absolute Gasteiger partial charge is 0.322 e. The van der Waals surface area contributed by atoms with Gasteiger partial charge in [-0.25, -0.2) is 22.0 Å². The molecule has 3 aromatic carbocycles. The van der Waals surface area contributed by atoms with Crippen LogP contribution in [0.1, 0.15) is 11.1 Å². The van der Waals surface area contributed by atoms with Crippen molar-refractivity contribution in [1.29, 1.82) is 0 Å². The number of aliphatic carboxylic acids is 1. The number of hydrogen-bond donors (Lipinski definition) is 3. The van der Waals surface area contributed by atoms with Crippen molar-refractivity contribution in [1.82, 2.24) is 4.31 Å². The van der Waals surface area contributed by atoms with Gasteiger partial charge in [-0.3, -0.25) is 4.79 Å². The molecule has 0 amide bonds. The maximum atomic E-state index is 13.4. The number of benzene rings is 3. The molecule has 0 saturated heterocycles. The minimum absolute atomic E-state index is 0.0179. The zero-order valence-corrected chi connectivity index (χ0v) is 19.8. The lowest BCUT2D eigenvalue weighted by Gasteiger charge is -2.23. The highest BCUT2D eigenvalue weighted by atomic mass is 32.2. The highest BCUT2D eigenvalue weighted by Crippen LogP contribution is 2.21. The van der Waals surface area contributed by atoms with Crippen LogP contribution >= 0.6 is 0 Å². The Bertz CT molecular complexity index is 1340. The molecule has 0 saturated carbocycles. The van der Waals surface area contributed by atoms with Gasteiger partial charge in [-0.15, -0.1) is 0 Å². The number of primary sulfonamides is 1. The minimum atomic E-state index is -3.84. The van der Waals surface area contributed by atoms with Crippen LogP contribution in [-0.2, 0) is 37.8 Å². The number of rotatable bonds is 11. The molecule has 0 aliphatic heterocycles. The zero-order chi connectivity index (χ0) is 24.8. The highest BCUT2D eigenvalue weighted by molar-refractivity contribution is 7.89. The summed E-state index contributed by atoms with van der Waals surface area (Å²) >= 11 is 0. The van der Waals surface area contributed by atoms with Crippen LogP contribution in [0.2, 0.25) is 0 Å². The Morgan fingerprint density at radius 2 is 1.53 bits per heavy atom. The largest absolute Gasteiger partial charge is 0.480 e. The number of sulfonamides is 2. The number of nitrogens with zero attached hydrogens (tertiary/aromatic N) is 1. The van der Waals surface area contributed by atoms with E-state index in [0.717, 1.165) is 5.56 Å². The SMILES string of the molecule is NS(=O)(=O)c1ccc(CCN(Cc2cccc(NCC(=O)O)c2)S(=O)(=O)c2ccccc2)cc1. The number of carboxylic acids is 1. The normalized spacial score (nSPS) is 11.9. The Morgan fingerprint density at radius 1 is 0.853 bits per heavy atom. The van der Waals surface area contributed by atoms with Crippen molar-refractivity contribution in [3.63, 3.8) is 0 Å². The Kier molecular flexibility index (Phi) is 8.05. The summed E-state index contributed by atoms with van der Waals surface area (Å²) in [5.74, 6) is -1.01. The molecular formula is C23H25N3O6S2. The fourth-order valence-electron chi connectivity index (χ4n) is 3.29. The number of nitrogens with one attached hydrogen (secondary N) is 1. The van der Waals surface area contributed by atoms with Crippen LogP contribution in [0.15, 0.2) is 88.7 Å². The molecule has 180 valence electrons. The first-order valence-electron chi connectivity index (χ1n) is 10.3. The van der Waals surface area contributed by atoms with E-state index in [-0.39, 0.29) is 29.4 Å². The van der Waals surface area contributed by atoms with Crippen molar-refractivity contribution in [2.45, 2.75) is 22.8 Å². The molecule has 34 heavy (non-hydrogen) atoms. The zero-order valence-electron chi connectivity index (χ0n) is 18.2. The number of nitrogens with two attached hydrogens (primary N) is 1. The lowest BCUT2D eigenvalue weighted by molar-refractivity contribution is -0.134. The van der Waals surface area contributed by atoms with Crippen molar-refractivity contribution in [2.75, 3.05) is 18.4 Å². The Labute approximate surface area is 198 Å². The molecule has 0 aliphatic rings. The summed E-state index contributed by atoms with van der Waals surface area (Å²) in [6.45, 7) is -0.0577. The second kappa shape index (κ2) is 10.8.